The quantitative estimate of drug-likeness (QED) is 0.484. The predicted molar refractivity (Wildman–Crippen MR) is 89.2 cm³/mol. The Morgan fingerprint density at radius 3 is 2.41 bits per heavy atom. The second-order valence-corrected chi connectivity index (χ2v) is 7.61. The molecule has 0 saturated heterocycles. The standard InChI is InChI=1S/C12H11Br4N/c1-12(2)11(16)8(5-13)7-3-6(14)4-9(15)10(7)17-12/h3-4,17H,5H2,1-2H3. The van der Waals surface area contributed by atoms with E-state index in [0.717, 1.165) is 20.0 Å². The summed E-state index contributed by atoms with van der Waals surface area (Å²) in [6.07, 6.45) is 0. The maximum Gasteiger partial charge on any atom is 0.0637 e. The third-order valence-corrected chi connectivity index (χ3v) is 5.88. The molecule has 0 unspecified atom stereocenters. The Morgan fingerprint density at radius 1 is 1.18 bits per heavy atom. The summed E-state index contributed by atoms with van der Waals surface area (Å²) in [4.78, 5) is 0. The van der Waals surface area contributed by atoms with Gasteiger partial charge in [0.15, 0.2) is 0 Å². The average molecular weight is 489 g/mol. The molecule has 1 aromatic carbocycles. The maximum atomic E-state index is 3.71. The molecule has 17 heavy (non-hydrogen) atoms. The van der Waals surface area contributed by atoms with Crippen LogP contribution in [0.15, 0.2) is 25.6 Å². The zero-order chi connectivity index (χ0) is 12.8. The van der Waals surface area contributed by atoms with E-state index in [9.17, 15) is 0 Å². The lowest BCUT2D eigenvalue weighted by molar-refractivity contribution is 0.698. The van der Waals surface area contributed by atoms with Crippen molar-refractivity contribution >= 4 is 75.0 Å². The van der Waals surface area contributed by atoms with Crippen molar-refractivity contribution in [2.75, 3.05) is 10.6 Å². The van der Waals surface area contributed by atoms with E-state index >= 15 is 0 Å². The van der Waals surface area contributed by atoms with Crippen LogP contribution in [-0.2, 0) is 0 Å². The SMILES string of the molecule is CC1(C)Nc2c(Br)cc(Br)cc2C(CBr)=C1Br. The van der Waals surface area contributed by atoms with Gasteiger partial charge in [-0.25, -0.2) is 0 Å². The molecular formula is C12H11Br4N. The van der Waals surface area contributed by atoms with E-state index in [0.29, 0.717) is 0 Å². The highest BCUT2D eigenvalue weighted by atomic mass is 79.9. The van der Waals surface area contributed by atoms with E-state index in [4.69, 9.17) is 0 Å². The highest BCUT2D eigenvalue weighted by Crippen LogP contribution is 2.46. The molecule has 1 heterocycles. The minimum absolute atomic E-state index is 0.0908. The molecule has 0 aliphatic carbocycles. The van der Waals surface area contributed by atoms with E-state index in [1.165, 1.54) is 15.6 Å². The van der Waals surface area contributed by atoms with Gasteiger partial charge in [0.05, 0.1) is 11.2 Å². The van der Waals surface area contributed by atoms with Gasteiger partial charge in [0.2, 0.25) is 0 Å². The van der Waals surface area contributed by atoms with Gasteiger partial charge in [-0.3, -0.25) is 0 Å². The van der Waals surface area contributed by atoms with Crippen LogP contribution in [-0.4, -0.2) is 10.9 Å². The number of hydrogen-bond acceptors (Lipinski definition) is 1. The van der Waals surface area contributed by atoms with Crippen LogP contribution in [0.4, 0.5) is 5.69 Å². The van der Waals surface area contributed by atoms with Gasteiger partial charge in [0, 0.05) is 24.3 Å². The van der Waals surface area contributed by atoms with Crippen LogP contribution in [0, 0.1) is 0 Å². The highest BCUT2D eigenvalue weighted by molar-refractivity contribution is 9.12. The molecule has 1 nitrogen and oxygen atoms in total. The van der Waals surface area contributed by atoms with Gasteiger partial charge in [-0.05, 0) is 47.5 Å². The summed E-state index contributed by atoms with van der Waals surface area (Å²) in [5, 5.41) is 4.38. The molecule has 2 rings (SSSR count). The fourth-order valence-corrected chi connectivity index (χ4v) is 4.67. The number of rotatable bonds is 1. The maximum absolute atomic E-state index is 3.71. The third-order valence-electron chi connectivity index (χ3n) is 2.76. The lowest BCUT2D eigenvalue weighted by Crippen LogP contribution is -2.35. The van der Waals surface area contributed by atoms with Gasteiger partial charge in [0.1, 0.15) is 0 Å². The zero-order valence-corrected chi connectivity index (χ0v) is 15.7. The van der Waals surface area contributed by atoms with Crippen molar-refractivity contribution in [2.45, 2.75) is 19.4 Å². The lowest BCUT2D eigenvalue weighted by atomic mass is 9.91. The Hall–Kier alpha value is 0.680. The van der Waals surface area contributed by atoms with Crippen molar-refractivity contribution in [3.63, 3.8) is 0 Å². The normalized spacial score (nSPS) is 17.8. The molecule has 0 bridgehead atoms. The van der Waals surface area contributed by atoms with Gasteiger partial charge in [-0.2, -0.15) is 0 Å². The summed E-state index contributed by atoms with van der Waals surface area (Å²) in [5.41, 5.74) is 3.56. The molecule has 5 heteroatoms. The second kappa shape index (κ2) is 4.99. The van der Waals surface area contributed by atoms with Gasteiger partial charge >= 0.3 is 0 Å². The molecule has 0 amide bonds. The third kappa shape index (κ3) is 2.53. The molecule has 1 aliphatic heterocycles. The number of hydrogen-bond donors (Lipinski definition) is 1. The Labute approximate surface area is 135 Å². The van der Waals surface area contributed by atoms with Crippen molar-refractivity contribution < 1.29 is 0 Å². The Morgan fingerprint density at radius 2 is 1.82 bits per heavy atom. The monoisotopic (exact) mass is 485 g/mol. The summed E-state index contributed by atoms with van der Waals surface area (Å²) in [5.74, 6) is 0. The van der Waals surface area contributed by atoms with Crippen molar-refractivity contribution in [3.8, 4) is 0 Å². The second-order valence-electron chi connectivity index (χ2n) is 4.49. The Kier molecular flexibility index (Phi) is 4.13. The molecule has 1 N–H and O–H groups in total. The molecule has 0 aromatic heterocycles. The Balaban J connectivity index is 2.74. The fourth-order valence-electron chi connectivity index (χ4n) is 1.93. The van der Waals surface area contributed by atoms with Crippen LogP contribution in [0.5, 0.6) is 0 Å². The molecular weight excluding hydrogens is 478 g/mol. The van der Waals surface area contributed by atoms with Gasteiger partial charge in [0.25, 0.3) is 0 Å². The van der Waals surface area contributed by atoms with Crippen molar-refractivity contribution in [3.05, 3.63) is 31.1 Å². The van der Waals surface area contributed by atoms with Crippen LogP contribution in [0.1, 0.15) is 19.4 Å². The molecule has 0 spiro atoms. The van der Waals surface area contributed by atoms with Crippen LogP contribution < -0.4 is 5.32 Å². The van der Waals surface area contributed by atoms with E-state index < -0.39 is 0 Å². The van der Waals surface area contributed by atoms with E-state index in [2.05, 4.69) is 95.0 Å². The van der Waals surface area contributed by atoms with Crippen LogP contribution in [0.3, 0.4) is 0 Å². The minimum atomic E-state index is -0.0908. The molecule has 0 fully saturated rings. The number of alkyl halides is 1. The molecule has 1 aromatic rings. The van der Waals surface area contributed by atoms with E-state index in [-0.39, 0.29) is 5.54 Å². The van der Waals surface area contributed by atoms with Gasteiger partial charge < -0.3 is 5.32 Å². The largest absolute Gasteiger partial charge is 0.374 e. The number of benzene rings is 1. The first-order chi connectivity index (χ1) is 7.86. The van der Waals surface area contributed by atoms with Gasteiger partial charge in [-0.1, -0.05) is 47.8 Å². The lowest BCUT2D eigenvalue weighted by Gasteiger charge is -2.36. The van der Waals surface area contributed by atoms with Crippen LogP contribution >= 0.6 is 63.7 Å². The van der Waals surface area contributed by atoms with Crippen molar-refractivity contribution in [2.24, 2.45) is 0 Å². The van der Waals surface area contributed by atoms with Crippen molar-refractivity contribution in [1.82, 2.24) is 0 Å². The summed E-state index contributed by atoms with van der Waals surface area (Å²) in [7, 11) is 0. The topological polar surface area (TPSA) is 12.0 Å². The summed E-state index contributed by atoms with van der Waals surface area (Å²) in [6.45, 7) is 4.33. The number of allylic oxidation sites excluding steroid dienone is 1. The zero-order valence-electron chi connectivity index (χ0n) is 9.37. The molecule has 0 atom stereocenters. The first-order valence-electron chi connectivity index (χ1n) is 5.09. The molecule has 1 aliphatic rings. The summed E-state index contributed by atoms with van der Waals surface area (Å²) < 4.78 is 3.34. The van der Waals surface area contributed by atoms with Crippen molar-refractivity contribution in [1.29, 1.82) is 0 Å². The average Bonchev–Trinajstić information content (AvgIpc) is 2.22. The number of fused-ring (bicyclic) bond motifs is 1. The molecule has 0 radical (unpaired) electrons. The van der Waals surface area contributed by atoms with Crippen LogP contribution in [0.2, 0.25) is 0 Å². The first-order valence-corrected chi connectivity index (χ1v) is 8.59. The summed E-state index contributed by atoms with van der Waals surface area (Å²) in [6, 6.07) is 4.20. The van der Waals surface area contributed by atoms with Crippen LogP contribution in [0.25, 0.3) is 5.57 Å². The highest BCUT2D eigenvalue weighted by Gasteiger charge is 2.32. The minimum Gasteiger partial charge on any atom is -0.374 e. The summed E-state index contributed by atoms with van der Waals surface area (Å²) >= 11 is 14.4. The predicted octanol–water partition coefficient (Wildman–Crippen LogP) is 5.92. The first kappa shape index (κ1) is 14.1. The fraction of sp³-hybridized carbons (Fsp3) is 0.333. The smallest absolute Gasteiger partial charge is 0.0637 e. The number of anilines is 1. The van der Waals surface area contributed by atoms with E-state index in [1.807, 2.05) is 0 Å². The number of nitrogens with one attached hydrogen (secondary N) is 1. The van der Waals surface area contributed by atoms with E-state index in [1.54, 1.807) is 0 Å². The van der Waals surface area contributed by atoms with Gasteiger partial charge in [-0.15, -0.1) is 0 Å². The molecule has 0 saturated carbocycles. The Bertz CT molecular complexity index is 505. The number of halogens is 4. The molecule has 92 valence electrons.